The molecule has 0 heterocycles. The van der Waals surface area contributed by atoms with Crippen molar-refractivity contribution in [1.29, 1.82) is 0 Å². The van der Waals surface area contributed by atoms with Gasteiger partial charge in [-0.25, -0.2) is 4.79 Å². The van der Waals surface area contributed by atoms with Crippen LogP contribution in [0.25, 0.3) is 0 Å². The van der Waals surface area contributed by atoms with Gasteiger partial charge in [0.15, 0.2) is 0 Å². The van der Waals surface area contributed by atoms with E-state index in [0.717, 1.165) is 0 Å². The lowest BCUT2D eigenvalue weighted by Gasteiger charge is -2.26. The highest BCUT2D eigenvalue weighted by Crippen LogP contribution is 2.23. The lowest BCUT2D eigenvalue weighted by molar-refractivity contribution is 0.0415. The van der Waals surface area contributed by atoms with Crippen LogP contribution in [0, 0.1) is 0 Å². The van der Waals surface area contributed by atoms with Gasteiger partial charge in [-0.1, -0.05) is 12.1 Å². The van der Waals surface area contributed by atoms with Crippen LogP contribution in [-0.2, 0) is 4.74 Å². The molecule has 0 spiro atoms. The number of aliphatic hydroxyl groups is 1. The zero-order chi connectivity index (χ0) is 16.8. The molecular weight excluding hydrogens is 284 g/mol. The lowest BCUT2D eigenvalue weighted by atomic mass is 9.99. The molecule has 124 valence electrons. The summed E-state index contributed by atoms with van der Waals surface area (Å²) in [5, 5.41) is 13.2. The van der Waals surface area contributed by atoms with Gasteiger partial charge in [-0.3, -0.25) is 0 Å². The molecule has 1 aromatic rings. The number of aliphatic hydroxyl groups excluding tert-OH is 1. The van der Waals surface area contributed by atoms with Crippen LogP contribution >= 0.6 is 0 Å². The number of ether oxygens (including phenoxy) is 2. The minimum absolute atomic E-state index is 0.335. The van der Waals surface area contributed by atoms with Crippen LogP contribution in [-0.4, -0.2) is 36.5 Å². The predicted octanol–water partition coefficient (Wildman–Crippen LogP) is 1.97. The third kappa shape index (κ3) is 5.91. The van der Waals surface area contributed by atoms with Crippen molar-refractivity contribution in [3.8, 4) is 5.75 Å². The van der Waals surface area contributed by atoms with Crippen molar-refractivity contribution < 1.29 is 19.4 Å². The molecule has 0 aliphatic carbocycles. The zero-order valence-corrected chi connectivity index (χ0v) is 13.6. The van der Waals surface area contributed by atoms with E-state index in [2.05, 4.69) is 5.32 Å². The van der Waals surface area contributed by atoms with Gasteiger partial charge in [0.1, 0.15) is 11.4 Å². The highest BCUT2D eigenvalue weighted by Gasteiger charge is 2.25. The maximum absolute atomic E-state index is 11.9. The Kier molecular flexibility index (Phi) is 6.64. The van der Waals surface area contributed by atoms with Crippen LogP contribution in [0.3, 0.4) is 0 Å². The molecule has 2 atom stereocenters. The van der Waals surface area contributed by atoms with E-state index in [1.807, 2.05) is 0 Å². The fourth-order valence-electron chi connectivity index (χ4n) is 2.01. The summed E-state index contributed by atoms with van der Waals surface area (Å²) in [5.74, 6) is 0.639. The second-order valence-electron chi connectivity index (χ2n) is 6.05. The number of amides is 1. The largest absolute Gasteiger partial charge is 0.497 e. The lowest BCUT2D eigenvalue weighted by Crippen LogP contribution is -2.43. The summed E-state index contributed by atoms with van der Waals surface area (Å²) in [6.07, 6.45) is -1.04. The zero-order valence-electron chi connectivity index (χ0n) is 13.6. The number of rotatable bonds is 6. The molecule has 0 radical (unpaired) electrons. The summed E-state index contributed by atoms with van der Waals surface area (Å²) in [6.45, 7) is 5.68. The van der Waals surface area contributed by atoms with Gasteiger partial charge >= 0.3 is 6.09 Å². The number of nitrogens with two attached hydrogens (primary N) is 1. The first-order valence-electron chi connectivity index (χ1n) is 7.28. The Bertz CT molecular complexity index is 485. The standard InChI is InChI=1S/C16H26N2O4/c1-16(2,3)22-15(20)18-13(8-9-17)14(19)11-6-5-7-12(10-11)21-4/h5-7,10,13-14,19H,8-9,17H2,1-4H3,(H,18,20). The Morgan fingerprint density at radius 3 is 2.64 bits per heavy atom. The summed E-state index contributed by atoms with van der Waals surface area (Å²) in [4.78, 5) is 11.9. The van der Waals surface area contributed by atoms with Crippen molar-refractivity contribution in [1.82, 2.24) is 5.32 Å². The van der Waals surface area contributed by atoms with Crippen LogP contribution in [0.15, 0.2) is 24.3 Å². The molecular formula is C16H26N2O4. The molecule has 6 heteroatoms. The van der Waals surface area contributed by atoms with Gasteiger partial charge in [0, 0.05) is 0 Å². The number of nitrogens with one attached hydrogen (secondary N) is 1. The first-order valence-corrected chi connectivity index (χ1v) is 7.28. The van der Waals surface area contributed by atoms with Crippen molar-refractivity contribution in [2.75, 3.05) is 13.7 Å². The number of carbonyl (C=O) groups excluding carboxylic acids is 1. The SMILES string of the molecule is COc1cccc(C(O)C(CCN)NC(=O)OC(C)(C)C)c1. The van der Waals surface area contributed by atoms with E-state index in [1.165, 1.54) is 0 Å². The van der Waals surface area contributed by atoms with Crippen molar-refractivity contribution in [2.45, 2.75) is 44.9 Å². The van der Waals surface area contributed by atoms with Crippen LogP contribution in [0.1, 0.15) is 38.9 Å². The van der Waals surface area contributed by atoms with Crippen molar-refractivity contribution in [3.05, 3.63) is 29.8 Å². The van der Waals surface area contributed by atoms with E-state index in [-0.39, 0.29) is 0 Å². The molecule has 0 bridgehead atoms. The fraction of sp³-hybridized carbons (Fsp3) is 0.562. The van der Waals surface area contributed by atoms with Gasteiger partial charge < -0.3 is 25.6 Å². The number of hydrogen-bond donors (Lipinski definition) is 3. The molecule has 22 heavy (non-hydrogen) atoms. The maximum Gasteiger partial charge on any atom is 0.407 e. The number of alkyl carbamates (subject to hydrolysis) is 1. The topological polar surface area (TPSA) is 93.8 Å². The highest BCUT2D eigenvalue weighted by molar-refractivity contribution is 5.68. The molecule has 0 aliphatic rings. The molecule has 2 unspecified atom stereocenters. The molecule has 6 nitrogen and oxygen atoms in total. The van der Waals surface area contributed by atoms with E-state index >= 15 is 0 Å². The summed E-state index contributed by atoms with van der Waals surface area (Å²) >= 11 is 0. The Morgan fingerprint density at radius 1 is 1.41 bits per heavy atom. The maximum atomic E-state index is 11.9. The molecule has 0 aliphatic heterocycles. The quantitative estimate of drug-likeness (QED) is 0.747. The Labute approximate surface area is 131 Å². The Morgan fingerprint density at radius 2 is 2.09 bits per heavy atom. The number of carbonyl (C=O) groups is 1. The van der Waals surface area contributed by atoms with Crippen LogP contribution in [0.4, 0.5) is 4.79 Å². The number of benzene rings is 1. The minimum Gasteiger partial charge on any atom is -0.497 e. The average molecular weight is 310 g/mol. The molecule has 0 saturated heterocycles. The monoisotopic (exact) mass is 310 g/mol. The minimum atomic E-state index is -0.897. The first kappa shape index (κ1) is 18.3. The van der Waals surface area contributed by atoms with Gasteiger partial charge in [-0.15, -0.1) is 0 Å². The second kappa shape index (κ2) is 8.00. The van der Waals surface area contributed by atoms with Crippen molar-refractivity contribution in [3.63, 3.8) is 0 Å². The number of hydrogen-bond acceptors (Lipinski definition) is 5. The molecule has 0 saturated carbocycles. The second-order valence-corrected chi connectivity index (χ2v) is 6.05. The predicted molar refractivity (Wildman–Crippen MR) is 84.8 cm³/mol. The van der Waals surface area contributed by atoms with E-state index in [9.17, 15) is 9.90 Å². The number of methoxy groups -OCH3 is 1. The molecule has 1 rings (SSSR count). The smallest absolute Gasteiger partial charge is 0.407 e. The fourth-order valence-corrected chi connectivity index (χ4v) is 2.01. The molecule has 0 aromatic heterocycles. The Hall–Kier alpha value is -1.79. The van der Waals surface area contributed by atoms with Crippen LogP contribution in [0.5, 0.6) is 5.75 Å². The van der Waals surface area contributed by atoms with Gasteiger partial charge in [0.2, 0.25) is 0 Å². The normalized spacial score (nSPS) is 14.1. The molecule has 0 fully saturated rings. The first-order chi connectivity index (χ1) is 10.3. The van der Waals surface area contributed by atoms with Gasteiger partial charge in [0.25, 0.3) is 0 Å². The van der Waals surface area contributed by atoms with Gasteiger partial charge in [-0.2, -0.15) is 0 Å². The van der Waals surface area contributed by atoms with Crippen molar-refractivity contribution in [2.24, 2.45) is 5.73 Å². The summed E-state index contributed by atoms with van der Waals surface area (Å²) in [5.41, 5.74) is 5.62. The summed E-state index contributed by atoms with van der Waals surface area (Å²) < 4.78 is 10.4. The van der Waals surface area contributed by atoms with Crippen LogP contribution < -0.4 is 15.8 Å². The Balaban J connectivity index is 2.82. The average Bonchev–Trinajstić information content (AvgIpc) is 2.44. The molecule has 4 N–H and O–H groups in total. The third-order valence-corrected chi connectivity index (χ3v) is 3.00. The van der Waals surface area contributed by atoms with E-state index in [4.69, 9.17) is 15.2 Å². The third-order valence-electron chi connectivity index (χ3n) is 3.00. The van der Waals surface area contributed by atoms with E-state index in [0.29, 0.717) is 24.3 Å². The molecule has 1 aromatic carbocycles. The van der Waals surface area contributed by atoms with Crippen molar-refractivity contribution >= 4 is 6.09 Å². The summed E-state index contributed by atoms with van der Waals surface area (Å²) in [7, 11) is 1.56. The van der Waals surface area contributed by atoms with Gasteiger partial charge in [-0.05, 0) is 51.4 Å². The summed E-state index contributed by atoms with van der Waals surface area (Å²) in [6, 6.07) is 6.53. The van der Waals surface area contributed by atoms with E-state index in [1.54, 1.807) is 52.1 Å². The van der Waals surface area contributed by atoms with E-state index < -0.39 is 23.8 Å². The highest BCUT2D eigenvalue weighted by atomic mass is 16.6. The van der Waals surface area contributed by atoms with Gasteiger partial charge in [0.05, 0.1) is 19.3 Å². The molecule has 1 amide bonds. The van der Waals surface area contributed by atoms with Crippen LogP contribution in [0.2, 0.25) is 0 Å².